The summed E-state index contributed by atoms with van der Waals surface area (Å²) in [6, 6.07) is 14.1. The molecule has 0 saturated heterocycles. The zero-order valence-electron chi connectivity index (χ0n) is 10.4. The molecule has 0 atom stereocenters. The Labute approximate surface area is 133 Å². The van der Waals surface area contributed by atoms with E-state index in [1.807, 2.05) is 36.4 Å². The third kappa shape index (κ3) is 4.88. The summed E-state index contributed by atoms with van der Waals surface area (Å²) in [6.45, 7) is 0. The quantitative estimate of drug-likeness (QED) is 0.476. The van der Waals surface area contributed by atoms with E-state index in [4.69, 9.17) is 11.6 Å². The topological polar surface area (TPSA) is 0 Å². The highest BCUT2D eigenvalue weighted by Crippen LogP contribution is 2.31. The van der Waals surface area contributed by atoms with Crippen LogP contribution < -0.4 is 0 Å². The molecule has 2 radical (unpaired) electrons. The van der Waals surface area contributed by atoms with Crippen LogP contribution in [0.3, 0.4) is 0 Å². The molecular weight excluding hydrogens is 337 g/mol. The van der Waals surface area contributed by atoms with Crippen LogP contribution in [0.1, 0.15) is 4.88 Å². The predicted octanol–water partition coefficient (Wildman–Crippen LogP) is 6.44. The fourth-order valence-corrected chi connectivity index (χ4v) is 2.70. The number of halogens is 4. The van der Waals surface area contributed by atoms with Gasteiger partial charge in [-0.3, -0.25) is 0 Å². The Bertz CT molecular complexity index is 641. The van der Waals surface area contributed by atoms with Crippen LogP contribution in [0.4, 0.5) is 13.2 Å². The molecule has 108 valence electrons. The van der Waals surface area contributed by atoms with Crippen molar-refractivity contribution < 1.29 is 13.2 Å². The summed E-state index contributed by atoms with van der Waals surface area (Å²) in [5, 5.41) is 6.19. The van der Waals surface area contributed by atoms with E-state index in [1.165, 1.54) is 16.5 Å². The van der Waals surface area contributed by atoms with Crippen LogP contribution in [0.25, 0.3) is 10.4 Å². The normalized spacial score (nSPS) is 10.9. The van der Waals surface area contributed by atoms with Crippen molar-refractivity contribution in [1.29, 1.82) is 0 Å². The second-order valence-electron chi connectivity index (χ2n) is 3.84. The standard InChI is InChI=1S/C10H6ClS.C5H2F3S/c11-9-5-3-8(4-6-9)10-2-1-7-12-10;6-5(7,8)4-2-1-3-9-4/h1-6H;1-2H. The monoisotopic (exact) mass is 344 g/mol. The Kier molecular flexibility index (Phi) is 5.45. The van der Waals surface area contributed by atoms with Gasteiger partial charge < -0.3 is 0 Å². The smallest absolute Gasteiger partial charge is 0.165 e. The van der Waals surface area contributed by atoms with E-state index in [0.717, 1.165) is 11.1 Å². The van der Waals surface area contributed by atoms with Crippen molar-refractivity contribution in [2.24, 2.45) is 0 Å². The molecule has 2 aromatic heterocycles. The van der Waals surface area contributed by atoms with Gasteiger partial charge in [0.2, 0.25) is 0 Å². The molecule has 3 aromatic rings. The largest absolute Gasteiger partial charge is 0.425 e. The van der Waals surface area contributed by atoms with Gasteiger partial charge in [-0.1, -0.05) is 23.7 Å². The molecule has 0 nitrogen and oxygen atoms in total. The molecule has 0 bridgehead atoms. The summed E-state index contributed by atoms with van der Waals surface area (Å²) in [5.41, 5.74) is 1.20. The summed E-state index contributed by atoms with van der Waals surface area (Å²) < 4.78 is 34.8. The number of alkyl halides is 3. The Morgan fingerprint density at radius 3 is 1.90 bits per heavy atom. The minimum atomic E-state index is -4.19. The summed E-state index contributed by atoms with van der Waals surface area (Å²) in [7, 11) is 0. The van der Waals surface area contributed by atoms with Gasteiger partial charge in [-0.05, 0) is 42.0 Å². The maximum absolute atomic E-state index is 11.6. The van der Waals surface area contributed by atoms with Crippen molar-refractivity contribution >= 4 is 34.3 Å². The van der Waals surface area contributed by atoms with Crippen LogP contribution in [-0.2, 0) is 6.18 Å². The second kappa shape index (κ2) is 7.11. The maximum atomic E-state index is 11.6. The summed E-state index contributed by atoms with van der Waals surface area (Å²) in [4.78, 5) is 0.633. The molecule has 6 heteroatoms. The van der Waals surface area contributed by atoms with Crippen LogP contribution in [0.5, 0.6) is 0 Å². The zero-order valence-corrected chi connectivity index (χ0v) is 12.8. The van der Waals surface area contributed by atoms with Gasteiger partial charge >= 0.3 is 6.18 Å². The van der Waals surface area contributed by atoms with Gasteiger partial charge in [0.25, 0.3) is 0 Å². The van der Waals surface area contributed by atoms with Gasteiger partial charge in [-0.2, -0.15) is 13.2 Å². The highest BCUT2D eigenvalue weighted by Gasteiger charge is 2.31. The lowest BCUT2D eigenvalue weighted by Crippen LogP contribution is -2.00. The molecule has 1 aromatic carbocycles. The van der Waals surface area contributed by atoms with E-state index in [0.29, 0.717) is 11.3 Å². The van der Waals surface area contributed by atoms with Gasteiger partial charge in [0.15, 0.2) is 0 Å². The third-order valence-electron chi connectivity index (χ3n) is 2.35. The first-order valence-electron chi connectivity index (χ1n) is 5.72. The highest BCUT2D eigenvalue weighted by molar-refractivity contribution is 7.13. The Balaban J connectivity index is 0.000000161. The molecule has 0 saturated carbocycles. The third-order valence-corrected chi connectivity index (χ3v) is 4.29. The number of hydrogen-bond acceptors (Lipinski definition) is 2. The lowest BCUT2D eigenvalue weighted by molar-refractivity contribution is -0.134. The predicted molar refractivity (Wildman–Crippen MR) is 81.8 cm³/mol. The second-order valence-corrected chi connectivity index (χ2v) is 6.04. The van der Waals surface area contributed by atoms with Crippen LogP contribution in [0, 0.1) is 10.8 Å². The number of thiophene rings is 2. The molecule has 2 heterocycles. The van der Waals surface area contributed by atoms with Crippen molar-refractivity contribution in [2.45, 2.75) is 6.18 Å². The Morgan fingerprint density at radius 2 is 1.48 bits per heavy atom. The zero-order chi connectivity index (χ0) is 15.3. The summed E-state index contributed by atoms with van der Waals surface area (Å²) >= 11 is 7.96. The number of rotatable bonds is 1. The molecule has 21 heavy (non-hydrogen) atoms. The summed E-state index contributed by atoms with van der Waals surface area (Å²) in [5.74, 6) is 0. The van der Waals surface area contributed by atoms with Crippen molar-refractivity contribution in [3.8, 4) is 10.4 Å². The molecule has 0 unspecified atom stereocenters. The fourth-order valence-electron chi connectivity index (χ4n) is 1.40. The Hall–Kier alpha value is -1.30. The van der Waals surface area contributed by atoms with Gasteiger partial charge in [-0.15, -0.1) is 22.7 Å². The molecule has 0 N–H and O–H groups in total. The van der Waals surface area contributed by atoms with E-state index in [2.05, 4.69) is 10.8 Å². The van der Waals surface area contributed by atoms with Crippen molar-refractivity contribution in [3.05, 3.63) is 69.2 Å². The van der Waals surface area contributed by atoms with Gasteiger partial charge in [0, 0.05) is 20.7 Å². The minimum Gasteiger partial charge on any atom is -0.165 e. The van der Waals surface area contributed by atoms with Crippen molar-refractivity contribution in [1.82, 2.24) is 0 Å². The molecule has 0 fully saturated rings. The summed E-state index contributed by atoms with van der Waals surface area (Å²) in [6.07, 6.45) is -4.19. The van der Waals surface area contributed by atoms with Gasteiger partial charge in [0.05, 0.1) is 0 Å². The minimum absolute atomic E-state index is 0.580. The lowest BCUT2D eigenvalue weighted by atomic mass is 10.2. The van der Waals surface area contributed by atoms with E-state index < -0.39 is 11.1 Å². The van der Waals surface area contributed by atoms with E-state index in [-0.39, 0.29) is 0 Å². The Morgan fingerprint density at radius 1 is 0.857 bits per heavy atom. The van der Waals surface area contributed by atoms with Gasteiger partial charge in [-0.25, -0.2) is 0 Å². The average molecular weight is 345 g/mol. The van der Waals surface area contributed by atoms with Crippen molar-refractivity contribution in [2.75, 3.05) is 0 Å². The van der Waals surface area contributed by atoms with Gasteiger partial charge in [0.1, 0.15) is 4.88 Å². The average Bonchev–Trinajstić information content (AvgIpc) is 3.13. The fraction of sp³-hybridized carbons (Fsp3) is 0.0667. The van der Waals surface area contributed by atoms with Crippen LogP contribution in [0.15, 0.2) is 48.5 Å². The van der Waals surface area contributed by atoms with E-state index in [1.54, 1.807) is 11.3 Å². The SMILES string of the molecule is Clc1ccc(-c2cc[c]s2)cc1.FC(F)(F)c1cc[c]s1. The first-order valence-corrected chi connectivity index (χ1v) is 7.73. The molecule has 3 rings (SSSR count). The molecule has 0 amide bonds. The number of benzene rings is 1. The van der Waals surface area contributed by atoms with E-state index >= 15 is 0 Å². The highest BCUT2D eigenvalue weighted by atomic mass is 35.5. The lowest BCUT2D eigenvalue weighted by Gasteiger charge is -1.99. The first kappa shape index (κ1) is 16.1. The molecule has 0 aliphatic carbocycles. The van der Waals surface area contributed by atoms with Crippen molar-refractivity contribution in [3.63, 3.8) is 0 Å². The maximum Gasteiger partial charge on any atom is 0.425 e. The van der Waals surface area contributed by atoms with E-state index in [9.17, 15) is 13.2 Å². The van der Waals surface area contributed by atoms with Crippen LogP contribution in [-0.4, -0.2) is 0 Å². The molecule has 0 aliphatic rings. The molecular formula is C15H8ClF3S2. The molecule has 0 spiro atoms. The number of hydrogen-bond donors (Lipinski definition) is 0. The first-order chi connectivity index (χ1) is 9.97. The van der Waals surface area contributed by atoms with Crippen LogP contribution in [0.2, 0.25) is 5.02 Å². The van der Waals surface area contributed by atoms with Crippen LogP contribution >= 0.6 is 34.3 Å². The molecule has 0 aliphatic heterocycles.